The Morgan fingerprint density at radius 2 is 1.73 bits per heavy atom. The normalized spacial score (nSPS) is 21.4. The van der Waals surface area contributed by atoms with Gasteiger partial charge in [0.2, 0.25) is 0 Å². The fourth-order valence-electron chi connectivity index (χ4n) is 3.07. The van der Waals surface area contributed by atoms with Gasteiger partial charge >= 0.3 is 5.97 Å². The minimum Gasteiger partial charge on any atom is -0.478 e. The van der Waals surface area contributed by atoms with E-state index in [0.29, 0.717) is 5.56 Å². The molecule has 0 radical (unpaired) electrons. The summed E-state index contributed by atoms with van der Waals surface area (Å²) in [5.74, 6) is -1.13. The second kappa shape index (κ2) is 6.92. The van der Waals surface area contributed by atoms with Gasteiger partial charge in [-0.1, -0.05) is 0 Å². The molecule has 1 aliphatic rings. The Morgan fingerprint density at radius 3 is 2.27 bits per heavy atom. The molecule has 1 aliphatic carbocycles. The van der Waals surface area contributed by atoms with Crippen LogP contribution in [0.5, 0.6) is 0 Å². The van der Waals surface area contributed by atoms with E-state index in [9.17, 15) is 9.59 Å². The van der Waals surface area contributed by atoms with Crippen molar-refractivity contribution in [3.8, 4) is 0 Å². The van der Waals surface area contributed by atoms with Gasteiger partial charge in [0.15, 0.2) is 0 Å². The van der Waals surface area contributed by atoms with Gasteiger partial charge in [-0.2, -0.15) is 0 Å². The number of aryl methyl sites for hydroxylation is 1. The van der Waals surface area contributed by atoms with Crippen molar-refractivity contribution >= 4 is 11.9 Å². The molecule has 1 aromatic rings. The topological polar surface area (TPSA) is 66.8 Å². The van der Waals surface area contributed by atoms with E-state index in [1.165, 1.54) is 6.07 Å². The zero-order valence-corrected chi connectivity index (χ0v) is 13.3. The first kappa shape index (κ1) is 16.5. The molecule has 1 N–H and O–H groups in total. The van der Waals surface area contributed by atoms with Gasteiger partial charge in [0.25, 0.3) is 5.91 Å². The van der Waals surface area contributed by atoms with Crippen molar-refractivity contribution in [1.82, 2.24) is 4.90 Å². The zero-order chi connectivity index (χ0) is 16.3. The molecule has 0 aromatic heterocycles. The fraction of sp³-hybridized carbons (Fsp3) is 0.529. The number of methoxy groups -OCH3 is 1. The first-order chi connectivity index (χ1) is 10.4. The highest BCUT2D eigenvalue weighted by atomic mass is 16.5. The predicted octanol–water partition coefficient (Wildman–Crippen LogP) is 2.72. The molecule has 1 saturated carbocycles. The summed E-state index contributed by atoms with van der Waals surface area (Å²) in [4.78, 5) is 25.5. The van der Waals surface area contributed by atoms with E-state index >= 15 is 0 Å². The summed E-state index contributed by atoms with van der Waals surface area (Å²) in [5, 5.41) is 9.12. The Kier molecular flexibility index (Phi) is 5.19. The molecule has 2 rings (SSSR count). The second-order valence-electron chi connectivity index (χ2n) is 5.98. The van der Waals surface area contributed by atoms with Crippen LogP contribution >= 0.6 is 0 Å². The molecule has 0 bridgehead atoms. The zero-order valence-electron chi connectivity index (χ0n) is 13.3. The van der Waals surface area contributed by atoms with Crippen molar-refractivity contribution in [2.24, 2.45) is 0 Å². The van der Waals surface area contributed by atoms with Crippen LogP contribution in [0.2, 0.25) is 0 Å². The number of nitrogens with zero attached hydrogens (tertiary/aromatic N) is 1. The number of amides is 1. The van der Waals surface area contributed by atoms with Crippen LogP contribution in [-0.2, 0) is 4.74 Å². The third-order valence-electron chi connectivity index (χ3n) is 4.42. The molecule has 1 amide bonds. The molecule has 0 atom stereocenters. The van der Waals surface area contributed by atoms with Crippen LogP contribution in [-0.4, -0.2) is 48.2 Å². The van der Waals surface area contributed by atoms with E-state index in [2.05, 4.69) is 0 Å². The minimum atomic E-state index is -1.01. The van der Waals surface area contributed by atoms with Gasteiger partial charge in [0.1, 0.15) is 0 Å². The van der Waals surface area contributed by atoms with Crippen molar-refractivity contribution in [1.29, 1.82) is 0 Å². The summed E-state index contributed by atoms with van der Waals surface area (Å²) in [5.41, 5.74) is 1.37. The molecule has 0 saturated heterocycles. The van der Waals surface area contributed by atoms with Crippen LogP contribution in [0, 0.1) is 6.92 Å². The second-order valence-corrected chi connectivity index (χ2v) is 5.98. The summed E-state index contributed by atoms with van der Waals surface area (Å²) < 4.78 is 5.35. The SMILES string of the molecule is COC1CCC(N(C)C(=O)c2cc(C)cc(C(=O)O)c2)CC1. The standard InChI is InChI=1S/C17H23NO4/c1-11-8-12(10-13(9-11)17(20)21)16(19)18(2)14-4-6-15(22-3)7-5-14/h8-10,14-15H,4-7H2,1-3H3,(H,20,21). The Morgan fingerprint density at radius 1 is 1.14 bits per heavy atom. The molecule has 0 heterocycles. The van der Waals surface area contributed by atoms with Gasteiger partial charge in [-0.15, -0.1) is 0 Å². The van der Waals surface area contributed by atoms with Crippen LogP contribution in [0.15, 0.2) is 18.2 Å². The third-order valence-corrected chi connectivity index (χ3v) is 4.42. The first-order valence-corrected chi connectivity index (χ1v) is 7.57. The van der Waals surface area contributed by atoms with Crippen LogP contribution in [0.3, 0.4) is 0 Å². The number of benzene rings is 1. The average molecular weight is 305 g/mol. The number of aromatic carboxylic acids is 1. The number of rotatable bonds is 4. The van der Waals surface area contributed by atoms with Gasteiger partial charge in [-0.05, 0) is 56.4 Å². The monoisotopic (exact) mass is 305 g/mol. The van der Waals surface area contributed by atoms with E-state index in [-0.39, 0.29) is 23.6 Å². The molecule has 0 unspecified atom stereocenters. The summed E-state index contributed by atoms with van der Waals surface area (Å²) in [6.45, 7) is 1.80. The van der Waals surface area contributed by atoms with Gasteiger partial charge in [0.05, 0.1) is 11.7 Å². The highest BCUT2D eigenvalue weighted by Crippen LogP contribution is 2.25. The van der Waals surface area contributed by atoms with Crippen LogP contribution in [0.1, 0.15) is 52.0 Å². The van der Waals surface area contributed by atoms with E-state index in [0.717, 1.165) is 31.2 Å². The number of carbonyl (C=O) groups excluding carboxylic acids is 1. The van der Waals surface area contributed by atoms with Gasteiger partial charge < -0.3 is 14.7 Å². The Bertz CT molecular complexity index is 562. The maximum atomic E-state index is 12.6. The number of hydrogen-bond donors (Lipinski definition) is 1. The van der Waals surface area contributed by atoms with E-state index in [1.807, 2.05) is 0 Å². The molecule has 0 spiro atoms. The lowest BCUT2D eigenvalue weighted by molar-refractivity contribution is 0.0386. The quantitative estimate of drug-likeness (QED) is 0.929. The molecular formula is C17H23NO4. The van der Waals surface area contributed by atoms with Gasteiger partial charge in [-0.25, -0.2) is 4.79 Å². The maximum absolute atomic E-state index is 12.6. The number of carboxylic acids is 1. The maximum Gasteiger partial charge on any atom is 0.335 e. The lowest BCUT2D eigenvalue weighted by Gasteiger charge is -2.34. The van der Waals surface area contributed by atoms with Gasteiger partial charge in [-0.3, -0.25) is 4.79 Å². The minimum absolute atomic E-state index is 0.118. The highest BCUT2D eigenvalue weighted by molar-refractivity contribution is 5.97. The summed E-state index contributed by atoms with van der Waals surface area (Å²) in [6.07, 6.45) is 4.02. The first-order valence-electron chi connectivity index (χ1n) is 7.57. The van der Waals surface area contributed by atoms with Crippen molar-refractivity contribution in [2.45, 2.75) is 44.8 Å². The van der Waals surface area contributed by atoms with Crippen molar-refractivity contribution < 1.29 is 19.4 Å². The summed E-state index contributed by atoms with van der Waals surface area (Å²) in [6, 6.07) is 4.96. The van der Waals surface area contributed by atoms with E-state index < -0.39 is 5.97 Å². The molecule has 0 aliphatic heterocycles. The number of carboxylic acid groups (broad SMARTS) is 1. The molecule has 120 valence electrons. The number of hydrogen-bond acceptors (Lipinski definition) is 3. The Labute approximate surface area is 130 Å². The van der Waals surface area contributed by atoms with Crippen LogP contribution < -0.4 is 0 Å². The molecular weight excluding hydrogens is 282 g/mol. The van der Waals surface area contributed by atoms with Crippen molar-refractivity contribution in [3.63, 3.8) is 0 Å². The Balaban J connectivity index is 2.12. The lowest BCUT2D eigenvalue weighted by atomic mass is 9.91. The smallest absolute Gasteiger partial charge is 0.335 e. The van der Waals surface area contributed by atoms with Crippen LogP contribution in [0.4, 0.5) is 0 Å². The van der Waals surface area contributed by atoms with Crippen LogP contribution in [0.25, 0.3) is 0 Å². The summed E-state index contributed by atoms with van der Waals surface area (Å²) in [7, 11) is 3.52. The molecule has 1 fully saturated rings. The summed E-state index contributed by atoms with van der Waals surface area (Å²) >= 11 is 0. The van der Waals surface area contributed by atoms with Crippen molar-refractivity contribution in [3.05, 3.63) is 34.9 Å². The fourth-order valence-corrected chi connectivity index (χ4v) is 3.07. The number of carbonyl (C=O) groups is 2. The lowest BCUT2D eigenvalue weighted by Crippen LogP contribution is -2.40. The van der Waals surface area contributed by atoms with Gasteiger partial charge in [0, 0.05) is 25.8 Å². The number of ether oxygens (including phenoxy) is 1. The van der Waals surface area contributed by atoms with Crippen molar-refractivity contribution in [2.75, 3.05) is 14.2 Å². The molecule has 5 heteroatoms. The predicted molar refractivity (Wildman–Crippen MR) is 83.3 cm³/mol. The van der Waals surface area contributed by atoms with E-state index in [1.54, 1.807) is 38.1 Å². The molecule has 5 nitrogen and oxygen atoms in total. The molecule has 1 aromatic carbocycles. The van der Waals surface area contributed by atoms with E-state index in [4.69, 9.17) is 9.84 Å². The largest absolute Gasteiger partial charge is 0.478 e. The average Bonchev–Trinajstić information content (AvgIpc) is 2.53. The molecule has 22 heavy (non-hydrogen) atoms. The highest BCUT2D eigenvalue weighted by Gasteiger charge is 2.27. The Hall–Kier alpha value is -1.88. The third kappa shape index (κ3) is 3.65.